The average Bonchev–Trinajstić information content (AvgIpc) is 3.75. The normalized spacial score (nSPS) is 14.5. The van der Waals surface area contributed by atoms with E-state index >= 15 is 0 Å². The van der Waals surface area contributed by atoms with Crippen LogP contribution in [-0.4, -0.2) is 0 Å². The first kappa shape index (κ1) is 36.8. The van der Waals surface area contributed by atoms with E-state index in [0.29, 0.717) is 0 Å². The Morgan fingerprint density at radius 2 is 0.778 bits per heavy atom. The summed E-state index contributed by atoms with van der Waals surface area (Å²) in [5.74, 6) is 1.04. The second kappa shape index (κ2) is 15.5. The topological polar surface area (TPSA) is 9.23 Å². The smallest absolute Gasteiger partial charge is 0.135 e. The van der Waals surface area contributed by atoms with Crippen molar-refractivity contribution in [2.24, 2.45) is 0 Å². The van der Waals surface area contributed by atoms with Crippen LogP contribution in [0.2, 0.25) is 0 Å². The van der Waals surface area contributed by atoms with Crippen LogP contribution in [0, 0.1) is 0 Å². The molecule has 11 aromatic carbocycles. The summed E-state index contributed by atoms with van der Waals surface area (Å²) >= 11 is 0. The fourth-order valence-corrected chi connectivity index (χ4v) is 10.1. The van der Waals surface area contributed by atoms with Crippen LogP contribution >= 0.6 is 0 Å². The molecule has 0 spiro atoms. The van der Waals surface area contributed by atoms with Crippen LogP contribution in [0.25, 0.3) is 88.0 Å². The van der Waals surface area contributed by atoms with E-state index in [1.165, 1.54) is 93.5 Å². The van der Waals surface area contributed by atoms with E-state index in [1.54, 1.807) is 0 Å². The molecule has 0 fully saturated rings. The first-order valence-corrected chi connectivity index (χ1v) is 21.9. The molecule has 1 aliphatic heterocycles. The molecular weight excluding hydrogens is 761 g/mol. The van der Waals surface area contributed by atoms with Gasteiger partial charge in [-0.3, -0.25) is 0 Å². The van der Waals surface area contributed by atoms with Crippen LogP contribution in [0.4, 0.5) is 0 Å². The van der Waals surface area contributed by atoms with Crippen LogP contribution in [-0.2, 0) is 0 Å². The first-order valence-electron chi connectivity index (χ1n) is 21.9. The van der Waals surface area contributed by atoms with Crippen molar-refractivity contribution in [2.45, 2.75) is 12.0 Å². The van der Waals surface area contributed by atoms with E-state index in [2.05, 4.69) is 243 Å². The van der Waals surface area contributed by atoms with Gasteiger partial charge in [-0.2, -0.15) is 0 Å². The van der Waals surface area contributed by atoms with E-state index in [0.717, 1.165) is 16.9 Å². The summed E-state index contributed by atoms with van der Waals surface area (Å²) in [6, 6.07) is 88.6. The third kappa shape index (κ3) is 6.49. The molecule has 0 N–H and O–H groups in total. The lowest BCUT2D eigenvalue weighted by molar-refractivity contribution is 0.222. The Bertz CT molecular complexity index is 3460. The lowest BCUT2D eigenvalue weighted by atomic mass is 9.82. The van der Waals surface area contributed by atoms with Gasteiger partial charge >= 0.3 is 0 Å². The van der Waals surface area contributed by atoms with Gasteiger partial charge in [-0.25, -0.2) is 0 Å². The Hall–Kier alpha value is -8.00. The van der Waals surface area contributed by atoms with Crippen molar-refractivity contribution in [3.63, 3.8) is 0 Å². The van der Waals surface area contributed by atoms with Gasteiger partial charge in [0.25, 0.3) is 0 Å². The molecule has 296 valence electrons. The molecule has 0 bridgehead atoms. The molecular formula is C62H42O. The van der Waals surface area contributed by atoms with Gasteiger partial charge in [0.1, 0.15) is 11.9 Å². The lowest BCUT2D eigenvalue weighted by Crippen LogP contribution is -2.11. The van der Waals surface area contributed by atoms with Gasteiger partial charge in [0.05, 0.1) is 5.92 Å². The highest BCUT2D eigenvalue weighted by Gasteiger charge is 2.37. The summed E-state index contributed by atoms with van der Waals surface area (Å²) in [6.45, 7) is 0. The summed E-state index contributed by atoms with van der Waals surface area (Å²) in [6.07, 6.45) is -0.109. The molecule has 1 nitrogen and oxygen atoms in total. The van der Waals surface area contributed by atoms with Crippen molar-refractivity contribution >= 4 is 32.3 Å². The van der Waals surface area contributed by atoms with Crippen molar-refractivity contribution < 1.29 is 4.74 Å². The summed E-state index contributed by atoms with van der Waals surface area (Å²) < 4.78 is 6.94. The number of fused-ring (bicyclic) bond motifs is 4. The molecule has 0 amide bonds. The first-order chi connectivity index (χ1) is 31.2. The summed E-state index contributed by atoms with van der Waals surface area (Å²) in [4.78, 5) is 0. The largest absolute Gasteiger partial charge is 0.484 e. The van der Waals surface area contributed by atoms with Gasteiger partial charge in [0.2, 0.25) is 0 Å². The van der Waals surface area contributed by atoms with E-state index in [1.807, 2.05) is 0 Å². The Balaban J connectivity index is 1.09. The van der Waals surface area contributed by atoms with Crippen LogP contribution < -0.4 is 4.74 Å². The van der Waals surface area contributed by atoms with Crippen molar-refractivity contribution in [1.82, 2.24) is 0 Å². The van der Waals surface area contributed by atoms with Gasteiger partial charge in [0, 0.05) is 5.56 Å². The van der Waals surface area contributed by atoms with E-state index in [4.69, 9.17) is 4.74 Å². The molecule has 0 aliphatic carbocycles. The van der Waals surface area contributed by atoms with Crippen LogP contribution in [0.3, 0.4) is 0 Å². The van der Waals surface area contributed by atoms with Crippen molar-refractivity contribution in [2.75, 3.05) is 0 Å². The Labute approximate surface area is 368 Å². The molecule has 2 atom stereocenters. The number of hydrogen-bond acceptors (Lipinski definition) is 1. The number of rotatable bonds is 7. The molecule has 0 saturated heterocycles. The zero-order valence-corrected chi connectivity index (χ0v) is 34.7. The Morgan fingerprint density at radius 1 is 0.286 bits per heavy atom. The molecule has 11 aromatic rings. The van der Waals surface area contributed by atoms with Crippen LogP contribution in [0.5, 0.6) is 5.75 Å². The molecule has 2 unspecified atom stereocenters. The van der Waals surface area contributed by atoms with Gasteiger partial charge in [-0.15, -0.1) is 0 Å². The zero-order valence-electron chi connectivity index (χ0n) is 34.7. The Morgan fingerprint density at radius 3 is 1.48 bits per heavy atom. The zero-order chi connectivity index (χ0) is 41.7. The highest BCUT2D eigenvalue weighted by atomic mass is 16.5. The quantitative estimate of drug-likeness (QED) is 0.146. The second-order valence-corrected chi connectivity index (χ2v) is 16.7. The molecule has 63 heavy (non-hydrogen) atoms. The van der Waals surface area contributed by atoms with Crippen molar-refractivity contribution in [3.05, 3.63) is 259 Å². The van der Waals surface area contributed by atoms with E-state index < -0.39 is 0 Å². The van der Waals surface area contributed by atoms with Gasteiger partial charge in [0.15, 0.2) is 0 Å². The molecule has 12 rings (SSSR count). The minimum atomic E-state index is -0.109. The highest BCUT2D eigenvalue weighted by Crippen LogP contribution is 2.51. The minimum Gasteiger partial charge on any atom is -0.484 e. The van der Waals surface area contributed by atoms with Crippen molar-refractivity contribution in [3.8, 4) is 61.4 Å². The fourth-order valence-electron chi connectivity index (χ4n) is 10.1. The molecule has 1 heteroatoms. The van der Waals surface area contributed by atoms with Gasteiger partial charge in [-0.05, 0) is 123 Å². The molecule has 0 aromatic heterocycles. The summed E-state index contributed by atoms with van der Waals surface area (Å²) in [5.41, 5.74) is 15.6. The third-order valence-corrected chi connectivity index (χ3v) is 13.1. The van der Waals surface area contributed by atoms with Crippen LogP contribution in [0.15, 0.2) is 243 Å². The van der Waals surface area contributed by atoms with Gasteiger partial charge in [-0.1, -0.05) is 218 Å². The average molecular weight is 803 g/mol. The van der Waals surface area contributed by atoms with Crippen LogP contribution in [0.1, 0.15) is 28.7 Å². The lowest BCUT2D eigenvalue weighted by Gasteiger charge is -2.21. The number of hydrogen-bond donors (Lipinski definition) is 0. The fraction of sp³-hybridized carbons (Fsp3) is 0.0323. The SMILES string of the molecule is c1ccc(-c2ccc3c(-c4cccc5ccccc45)c4cc(-c5ccccc5)ccc4c(-c4cccc(-c5ccc6c(c5)OC(c5ccccc5)C6c5ccccc5)c4)c3c2)cc1. The van der Waals surface area contributed by atoms with E-state index in [9.17, 15) is 0 Å². The summed E-state index contributed by atoms with van der Waals surface area (Å²) in [5, 5.41) is 7.40. The minimum absolute atomic E-state index is 0.0987. The highest BCUT2D eigenvalue weighted by molar-refractivity contribution is 6.24. The number of benzene rings is 11. The maximum absolute atomic E-state index is 6.94. The van der Waals surface area contributed by atoms with Gasteiger partial charge < -0.3 is 4.74 Å². The monoisotopic (exact) mass is 802 g/mol. The molecule has 1 aliphatic rings. The Kier molecular flexibility index (Phi) is 9.04. The molecule has 0 radical (unpaired) electrons. The van der Waals surface area contributed by atoms with Crippen molar-refractivity contribution in [1.29, 1.82) is 0 Å². The second-order valence-electron chi connectivity index (χ2n) is 16.7. The van der Waals surface area contributed by atoms with E-state index in [-0.39, 0.29) is 12.0 Å². The maximum atomic E-state index is 6.94. The summed E-state index contributed by atoms with van der Waals surface area (Å²) in [7, 11) is 0. The molecule has 0 saturated carbocycles. The number of ether oxygens (including phenoxy) is 1. The predicted octanol–water partition coefficient (Wildman–Crippen LogP) is 16.7. The standard InChI is InChI=1S/C62H42O/c1-5-17-41(18-6-1)47-32-35-54-56(38-47)59(53-34-31-48(42-19-7-2-8-20-42)39-57(53)61(54)52-30-16-26-43-21-13-14-29-51(43)52)50-28-15-27-46(37-50)49-33-36-55-58(40-49)63-62(45-24-11-4-12-25-45)60(55)44-22-9-3-10-23-44/h1-40,60,62H. The predicted molar refractivity (Wildman–Crippen MR) is 264 cm³/mol. The maximum Gasteiger partial charge on any atom is 0.135 e. The third-order valence-electron chi connectivity index (χ3n) is 13.1. The molecule has 1 heterocycles.